The Labute approximate surface area is 104 Å². The molecule has 0 amide bonds. The molecule has 2 heteroatoms. The van der Waals surface area contributed by atoms with E-state index >= 15 is 0 Å². The van der Waals surface area contributed by atoms with E-state index in [1.807, 2.05) is 30.3 Å². The molecule has 17 heavy (non-hydrogen) atoms. The van der Waals surface area contributed by atoms with E-state index in [0.717, 1.165) is 24.3 Å². The van der Waals surface area contributed by atoms with Crippen LogP contribution in [-0.2, 0) is 0 Å². The number of nitrogens with two attached hydrogens (primary N) is 1. The second kappa shape index (κ2) is 5.65. The zero-order valence-electron chi connectivity index (χ0n) is 10.5. The number of rotatable bonds is 3. The molecule has 0 heterocycles. The molecular formula is C15H23NO. The Morgan fingerprint density at radius 1 is 1.12 bits per heavy atom. The fraction of sp³-hybridized carbons (Fsp3) is 0.600. The molecule has 0 radical (unpaired) electrons. The van der Waals surface area contributed by atoms with Gasteiger partial charge in [0, 0.05) is 0 Å². The lowest BCUT2D eigenvalue weighted by Crippen LogP contribution is -2.35. The third-order valence-corrected chi connectivity index (χ3v) is 4.10. The SMILES string of the molecule is CC1CCC(C(O)C(N)c2ccccc2)CC1. The van der Waals surface area contributed by atoms with Crippen molar-refractivity contribution in [1.29, 1.82) is 0 Å². The number of aliphatic hydroxyl groups excluding tert-OH is 1. The third-order valence-electron chi connectivity index (χ3n) is 4.10. The van der Waals surface area contributed by atoms with Crippen molar-refractivity contribution in [3.63, 3.8) is 0 Å². The highest BCUT2D eigenvalue weighted by molar-refractivity contribution is 5.19. The van der Waals surface area contributed by atoms with Crippen LogP contribution in [0, 0.1) is 11.8 Å². The highest BCUT2D eigenvalue weighted by Gasteiger charge is 2.29. The Hall–Kier alpha value is -0.860. The molecule has 2 rings (SSSR count). The standard InChI is InChI=1S/C15H23NO/c1-11-7-9-13(10-8-11)15(17)14(16)12-5-3-2-4-6-12/h2-6,11,13-15,17H,7-10,16H2,1H3. The second-order valence-electron chi connectivity index (χ2n) is 5.45. The van der Waals surface area contributed by atoms with E-state index in [2.05, 4.69) is 6.92 Å². The van der Waals surface area contributed by atoms with Crippen LogP contribution in [-0.4, -0.2) is 11.2 Å². The van der Waals surface area contributed by atoms with Crippen molar-refractivity contribution in [2.45, 2.75) is 44.8 Å². The summed E-state index contributed by atoms with van der Waals surface area (Å²) in [5.41, 5.74) is 7.19. The summed E-state index contributed by atoms with van der Waals surface area (Å²) in [6.45, 7) is 2.29. The average molecular weight is 233 g/mol. The van der Waals surface area contributed by atoms with Gasteiger partial charge in [0.15, 0.2) is 0 Å². The lowest BCUT2D eigenvalue weighted by Gasteiger charge is -2.32. The number of aliphatic hydroxyl groups is 1. The molecule has 0 spiro atoms. The van der Waals surface area contributed by atoms with Crippen LogP contribution in [0.2, 0.25) is 0 Å². The first-order chi connectivity index (χ1) is 8.18. The maximum atomic E-state index is 10.4. The average Bonchev–Trinajstić information content (AvgIpc) is 2.39. The van der Waals surface area contributed by atoms with Crippen LogP contribution in [0.3, 0.4) is 0 Å². The fourth-order valence-corrected chi connectivity index (χ4v) is 2.79. The van der Waals surface area contributed by atoms with Crippen molar-refractivity contribution >= 4 is 0 Å². The van der Waals surface area contributed by atoms with Gasteiger partial charge in [-0.15, -0.1) is 0 Å². The van der Waals surface area contributed by atoms with Crippen molar-refractivity contribution in [3.05, 3.63) is 35.9 Å². The normalized spacial score (nSPS) is 28.6. The maximum Gasteiger partial charge on any atom is 0.0760 e. The Morgan fingerprint density at radius 3 is 2.29 bits per heavy atom. The van der Waals surface area contributed by atoms with Gasteiger partial charge in [-0.2, -0.15) is 0 Å². The molecular weight excluding hydrogens is 210 g/mol. The molecule has 3 N–H and O–H groups in total. The van der Waals surface area contributed by atoms with Crippen molar-refractivity contribution in [2.75, 3.05) is 0 Å². The zero-order chi connectivity index (χ0) is 12.3. The van der Waals surface area contributed by atoms with Gasteiger partial charge in [0.05, 0.1) is 12.1 Å². The van der Waals surface area contributed by atoms with Gasteiger partial charge in [-0.25, -0.2) is 0 Å². The van der Waals surface area contributed by atoms with Crippen molar-refractivity contribution in [2.24, 2.45) is 17.6 Å². The summed E-state index contributed by atoms with van der Waals surface area (Å²) >= 11 is 0. The van der Waals surface area contributed by atoms with Crippen LogP contribution >= 0.6 is 0 Å². The summed E-state index contributed by atoms with van der Waals surface area (Å²) in [6, 6.07) is 9.69. The topological polar surface area (TPSA) is 46.2 Å². The Morgan fingerprint density at radius 2 is 1.71 bits per heavy atom. The van der Waals surface area contributed by atoms with Gasteiger partial charge < -0.3 is 10.8 Å². The van der Waals surface area contributed by atoms with Crippen LogP contribution in [0.4, 0.5) is 0 Å². The van der Waals surface area contributed by atoms with E-state index in [4.69, 9.17) is 5.73 Å². The van der Waals surface area contributed by atoms with Gasteiger partial charge in [0.25, 0.3) is 0 Å². The van der Waals surface area contributed by atoms with E-state index in [-0.39, 0.29) is 6.04 Å². The Bertz CT molecular complexity index is 330. The molecule has 0 saturated heterocycles. The Balaban J connectivity index is 1.98. The molecule has 2 unspecified atom stereocenters. The summed E-state index contributed by atoms with van der Waals surface area (Å²) in [7, 11) is 0. The van der Waals surface area contributed by atoms with Gasteiger partial charge in [-0.1, -0.05) is 50.1 Å². The smallest absolute Gasteiger partial charge is 0.0760 e. The van der Waals surface area contributed by atoms with E-state index in [9.17, 15) is 5.11 Å². The van der Waals surface area contributed by atoms with E-state index in [1.165, 1.54) is 12.8 Å². The lowest BCUT2D eigenvalue weighted by molar-refractivity contribution is 0.0542. The van der Waals surface area contributed by atoms with E-state index in [0.29, 0.717) is 5.92 Å². The number of hydrogen-bond acceptors (Lipinski definition) is 2. The van der Waals surface area contributed by atoms with Crippen LogP contribution in [0.1, 0.15) is 44.2 Å². The summed E-state index contributed by atoms with van der Waals surface area (Å²) < 4.78 is 0. The molecule has 2 nitrogen and oxygen atoms in total. The molecule has 2 atom stereocenters. The number of hydrogen-bond donors (Lipinski definition) is 2. The molecule has 1 fully saturated rings. The predicted octanol–water partition coefficient (Wildman–Crippen LogP) is 2.87. The van der Waals surface area contributed by atoms with Gasteiger partial charge in [0.2, 0.25) is 0 Å². The molecule has 94 valence electrons. The lowest BCUT2D eigenvalue weighted by atomic mass is 9.77. The summed E-state index contributed by atoms with van der Waals surface area (Å²) in [5, 5.41) is 10.4. The molecule has 1 aromatic rings. The minimum atomic E-state index is -0.398. The molecule has 1 aromatic carbocycles. The maximum absolute atomic E-state index is 10.4. The van der Waals surface area contributed by atoms with Crippen molar-refractivity contribution in [3.8, 4) is 0 Å². The van der Waals surface area contributed by atoms with Gasteiger partial charge >= 0.3 is 0 Å². The van der Waals surface area contributed by atoms with E-state index < -0.39 is 6.10 Å². The van der Waals surface area contributed by atoms with Crippen LogP contribution in [0.25, 0.3) is 0 Å². The summed E-state index contributed by atoms with van der Waals surface area (Å²) in [5.74, 6) is 1.19. The zero-order valence-corrected chi connectivity index (χ0v) is 10.5. The van der Waals surface area contributed by atoms with Gasteiger partial charge in [-0.05, 0) is 30.2 Å². The van der Waals surface area contributed by atoms with Crippen molar-refractivity contribution < 1.29 is 5.11 Å². The first-order valence-electron chi connectivity index (χ1n) is 6.67. The third kappa shape index (κ3) is 3.08. The fourth-order valence-electron chi connectivity index (χ4n) is 2.79. The highest BCUT2D eigenvalue weighted by Crippen LogP contribution is 2.33. The van der Waals surface area contributed by atoms with Crippen LogP contribution in [0.5, 0.6) is 0 Å². The second-order valence-corrected chi connectivity index (χ2v) is 5.45. The van der Waals surface area contributed by atoms with E-state index in [1.54, 1.807) is 0 Å². The van der Waals surface area contributed by atoms with Gasteiger partial charge in [-0.3, -0.25) is 0 Å². The molecule has 0 bridgehead atoms. The highest BCUT2D eigenvalue weighted by atomic mass is 16.3. The van der Waals surface area contributed by atoms with Crippen LogP contribution < -0.4 is 5.73 Å². The van der Waals surface area contributed by atoms with Crippen molar-refractivity contribution in [1.82, 2.24) is 0 Å². The molecule has 1 aliphatic carbocycles. The quantitative estimate of drug-likeness (QED) is 0.843. The monoisotopic (exact) mass is 233 g/mol. The molecule has 0 aromatic heterocycles. The largest absolute Gasteiger partial charge is 0.391 e. The molecule has 1 saturated carbocycles. The molecule has 0 aliphatic heterocycles. The Kier molecular flexibility index (Phi) is 4.19. The summed E-state index contributed by atoms with van der Waals surface area (Å²) in [4.78, 5) is 0. The predicted molar refractivity (Wildman–Crippen MR) is 70.5 cm³/mol. The van der Waals surface area contributed by atoms with Gasteiger partial charge in [0.1, 0.15) is 0 Å². The van der Waals surface area contributed by atoms with Crippen LogP contribution in [0.15, 0.2) is 30.3 Å². The first kappa shape index (κ1) is 12.6. The molecule has 1 aliphatic rings. The minimum absolute atomic E-state index is 0.241. The first-order valence-corrected chi connectivity index (χ1v) is 6.67. The minimum Gasteiger partial charge on any atom is -0.391 e. The number of benzene rings is 1. The summed E-state index contributed by atoms with van der Waals surface area (Å²) in [6.07, 6.45) is 4.28.